The molecule has 0 atom stereocenters. The Hall–Kier alpha value is -4.34. The minimum Gasteiger partial charge on any atom is -0.478 e. The van der Waals surface area contributed by atoms with Crippen LogP contribution in [-0.4, -0.2) is 36.7 Å². The molecule has 4 rings (SSSR count). The van der Waals surface area contributed by atoms with E-state index in [2.05, 4.69) is 20.5 Å². The van der Waals surface area contributed by atoms with E-state index >= 15 is 0 Å². The van der Waals surface area contributed by atoms with Crippen LogP contribution in [0.1, 0.15) is 32.1 Å². The number of nitrogens with one attached hydrogen (secondary N) is 1. The molecule has 0 unspecified atom stereocenters. The van der Waals surface area contributed by atoms with Crippen LogP contribution in [0.2, 0.25) is 0 Å². The van der Waals surface area contributed by atoms with Crippen molar-refractivity contribution in [2.75, 3.05) is 5.32 Å². The first kappa shape index (κ1) is 20.0. The van der Waals surface area contributed by atoms with Crippen molar-refractivity contribution in [2.24, 2.45) is 5.73 Å². The van der Waals surface area contributed by atoms with Crippen LogP contribution < -0.4 is 11.1 Å². The number of hydrogen-bond donors (Lipinski definition) is 3. The van der Waals surface area contributed by atoms with Gasteiger partial charge >= 0.3 is 5.97 Å². The van der Waals surface area contributed by atoms with Crippen LogP contribution >= 0.6 is 0 Å². The van der Waals surface area contributed by atoms with Gasteiger partial charge < -0.3 is 16.2 Å². The highest BCUT2D eigenvalue weighted by atomic mass is 19.1. The number of fused-ring (bicyclic) bond motifs is 1. The Bertz CT molecular complexity index is 1330. The molecule has 10 heteroatoms. The fourth-order valence-electron chi connectivity index (χ4n) is 3.35. The Morgan fingerprint density at radius 3 is 2.65 bits per heavy atom. The molecule has 0 bridgehead atoms. The van der Waals surface area contributed by atoms with Crippen molar-refractivity contribution in [3.05, 3.63) is 76.9 Å². The Morgan fingerprint density at radius 2 is 1.94 bits per heavy atom. The van der Waals surface area contributed by atoms with Crippen LogP contribution in [0, 0.1) is 12.7 Å². The van der Waals surface area contributed by atoms with Crippen LogP contribution in [0.4, 0.5) is 10.2 Å². The number of aromatic nitrogens is 4. The first-order valence-corrected chi connectivity index (χ1v) is 9.22. The molecule has 2 heterocycles. The molecule has 2 aromatic heterocycles. The Balaban J connectivity index is 1.79. The van der Waals surface area contributed by atoms with Gasteiger partial charge in [-0.3, -0.25) is 9.36 Å². The van der Waals surface area contributed by atoms with Crippen molar-refractivity contribution < 1.29 is 19.1 Å². The zero-order valence-electron chi connectivity index (χ0n) is 16.3. The Kier molecular flexibility index (Phi) is 5.04. The first-order chi connectivity index (χ1) is 14.8. The van der Waals surface area contributed by atoms with Crippen LogP contribution in [0.5, 0.6) is 0 Å². The molecule has 0 fully saturated rings. The van der Waals surface area contributed by atoms with E-state index in [0.717, 1.165) is 0 Å². The predicted molar refractivity (Wildman–Crippen MR) is 111 cm³/mol. The van der Waals surface area contributed by atoms with E-state index in [0.29, 0.717) is 22.2 Å². The lowest BCUT2D eigenvalue weighted by atomic mass is 10.1. The normalized spacial score (nSPS) is 10.9. The molecule has 4 aromatic rings. The smallest absolute Gasteiger partial charge is 0.336 e. The average molecular weight is 420 g/mol. The molecule has 0 saturated heterocycles. The Morgan fingerprint density at radius 1 is 1.16 bits per heavy atom. The van der Waals surface area contributed by atoms with Crippen LogP contribution in [0.25, 0.3) is 16.9 Å². The van der Waals surface area contributed by atoms with Gasteiger partial charge in [0.05, 0.1) is 11.1 Å². The number of primary amides is 1. The van der Waals surface area contributed by atoms with E-state index in [1.807, 2.05) is 0 Å². The molecule has 0 aliphatic rings. The van der Waals surface area contributed by atoms with E-state index in [4.69, 9.17) is 5.73 Å². The van der Waals surface area contributed by atoms with Crippen LogP contribution in [0.3, 0.4) is 0 Å². The molecule has 156 valence electrons. The predicted octanol–water partition coefficient (Wildman–Crippen LogP) is 2.67. The number of nitrogens with zero attached hydrogens (tertiary/aromatic N) is 4. The highest BCUT2D eigenvalue weighted by Crippen LogP contribution is 2.26. The summed E-state index contributed by atoms with van der Waals surface area (Å²) in [5.41, 5.74) is 7.25. The average Bonchev–Trinajstić information content (AvgIpc) is 3.07. The number of rotatable bonds is 6. The minimum atomic E-state index is -1.05. The van der Waals surface area contributed by atoms with Crippen molar-refractivity contribution in [3.63, 3.8) is 0 Å². The van der Waals surface area contributed by atoms with Crippen LogP contribution in [0.15, 0.2) is 48.5 Å². The minimum absolute atomic E-state index is 0.0809. The van der Waals surface area contributed by atoms with Gasteiger partial charge in [-0.1, -0.05) is 18.2 Å². The number of anilines is 1. The fourth-order valence-corrected chi connectivity index (χ4v) is 3.35. The summed E-state index contributed by atoms with van der Waals surface area (Å²) in [7, 11) is 0. The summed E-state index contributed by atoms with van der Waals surface area (Å²) in [6.45, 7) is 1.95. The topological polar surface area (TPSA) is 136 Å². The molecule has 0 aliphatic carbocycles. The molecule has 0 aliphatic heterocycles. The van der Waals surface area contributed by atoms with Crippen molar-refractivity contribution >= 4 is 28.6 Å². The molecule has 31 heavy (non-hydrogen) atoms. The van der Waals surface area contributed by atoms with Gasteiger partial charge in [0.25, 0.3) is 11.9 Å². The number of halogens is 1. The number of amides is 1. The second-order valence-corrected chi connectivity index (χ2v) is 6.82. The maximum absolute atomic E-state index is 13.4. The number of carboxylic acids is 1. The SMILES string of the molecule is Cc1cc2c(C(=O)O)cccc2n1-c1nnc(C(N)=O)c(NCc2cccc(F)c2)n1. The van der Waals surface area contributed by atoms with Crippen molar-refractivity contribution in [3.8, 4) is 5.95 Å². The number of carboxylic acid groups (broad SMARTS) is 1. The summed E-state index contributed by atoms with van der Waals surface area (Å²) in [4.78, 5) is 27.7. The van der Waals surface area contributed by atoms with E-state index in [1.54, 1.807) is 41.8 Å². The lowest BCUT2D eigenvalue weighted by Crippen LogP contribution is -2.20. The van der Waals surface area contributed by atoms with Gasteiger partial charge in [-0.25, -0.2) is 9.18 Å². The number of hydrogen-bond acceptors (Lipinski definition) is 6. The molecule has 0 spiro atoms. The largest absolute Gasteiger partial charge is 0.478 e. The summed E-state index contributed by atoms with van der Waals surface area (Å²) in [5.74, 6) is -2.06. The van der Waals surface area contributed by atoms with Gasteiger partial charge in [0.2, 0.25) is 0 Å². The third kappa shape index (κ3) is 3.78. The second-order valence-electron chi connectivity index (χ2n) is 6.82. The van der Waals surface area contributed by atoms with Crippen molar-refractivity contribution in [1.29, 1.82) is 0 Å². The molecular weight excluding hydrogens is 403 g/mol. The lowest BCUT2D eigenvalue weighted by molar-refractivity contribution is 0.0698. The second kappa shape index (κ2) is 7.82. The Labute approximate surface area is 175 Å². The molecule has 4 N–H and O–H groups in total. The quantitative estimate of drug-likeness (QED) is 0.436. The van der Waals surface area contributed by atoms with Gasteiger partial charge in [0.1, 0.15) is 5.82 Å². The highest BCUT2D eigenvalue weighted by molar-refractivity contribution is 6.03. The van der Waals surface area contributed by atoms with Gasteiger partial charge in [-0.15, -0.1) is 10.2 Å². The molecule has 0 radical (unpaired) electrons. The number of carbonyl (C=O) groups is 2. The molecule has 0 saturated carbocycles. The monoisotopic (exact) mass is 420 g/mol. The van der Waals surface area contributed by atoms with Gasteiger partial charge in [-0.2, -0.15) is 4.98 Å². The first-order valence-electron chi connectivity index (χ1n) is 9.22. The molecule has 9 nitrogen and oxygen atoms in total. The summed E-state index contributed by atoms with van der Waals surface area (Å²) in [6.07, 6.45) is 0. The summed E-state index contributed by atoms with van der Waals surface area (Å²) in [6, 6.07) is 12.5. The van der Waals surface area contributed by atoms with E-state index in [1.165, 1.54) is 18.2 Å². The number of nitrogens with two attached hydrogens (primary N) is 1. The summed E-state index contributed by atoms with van der Waals surface area (Å²) < 4.78 is 15.1. The third-order valence-corrected chi connectivity index (χ3v) is 4.72. The summed E-state index contributed by atoms with van der Waals surface area (Å²) in [5, 5.41) is 20.8. The van der Waals surface area contributed by atoms with E-state index in [-0.39, 0.29) is 35.4 Å². The number of aromatic carboxylic acids is 1. The molecule has 2 aromatic carbocycles. The maximum Gasteiger partial charge on any atom is 0.336 e. The van der Waals surface area contributed by atoms with E-state index in [9.17, 15) is 19.1 Å². The standard InChI is InChI=1S/C21H17FN6O3/c1-11-8-15-14(20(30)31)6-3-7-16(15)28(11)21-25-19(17(18(23)29)26-27-21)24-10-12-4-2-5-13(22)9-12/h2-9H,10H2,1H3,(H2,23,29)(H,30,31)(H,24,25,27). The lowest BCUT2D eigenvalue weighted by Gasteiger charge is -2.12. The zero-order valence-corrected chi connectivity index (χ0v) is 16.3. The number of carbonyl (C=O) groups excluding carboxylic acids is 1. The van der Waals surface area contributed by atoms with E-state index < -0.39 is 11.9 Å². The fraction of sp³-hybridized carbons (Fsp3) is 0.0952. The van der Waals surface area contributed by atoms with Gasteiger partial charge in [-0.05, 0) is 42.8 Å². The van der Waals surface area contributed by atoms with Crippen molar-refractivity contribution in [1.82, 2.24) is 19.7 Å². The zero-order chi connectivity index (χ0) is 22.1. The van der Waals surface area contributed by atoms with Crippen LogP contribution in [-0.2, 0) is 6.54 Å². The van der Waals surface area contributed by atoms with Gasteiger partial charge in [0, 0.05) is 17.6 Å². The third-order valence-electron chi connectivity index (χ3n) is 4.72. The number of benzene rings is 2. The van der Waals surface area contributed by atoms with Gasteiger partial charge in [0.15, 0.2) is 11.5 Å². The molecular formula is C21H17FN6O3. The number of aryl methyl sites for hydroxylation is 1. The van der Waals surface area contributed by atoms with Crippen molar-refractivity contribution in [2.45, 2.75) is 13.5 Å². The summed E-state index contributed by atoms with van der Waals surface area (Å²) >= 11 is 0. The highest BCUT2D eigenvalue weighted by Gasteiger charge is 2.19. The molecule has 1 amide bonds. The maximum atomic E-state index is 13.4.